The fraction of sp³-hybridized carbons (Fsp3) is 0.353. The Hall–Kier alpha value is -1.70. The molecule has 23 heavy (non-hydrogen) atoms. The zero-order valence-electron chi connectivity index (χ0n) is 13.7. The molecule has 0 bridgehead atoms. The van der Waals surface area contributed by atoms with Crippen molar-refractivity contribution >= 4 is 29.9 Å². The average Bonchev–Trinajstić information content (AvgIpc) is 3.04. The van der Waals surface area contributed by atoms with Crippen LogP contribution in [-0.4, -0.2) is 37.3 Å². The van der Waals surface area contributed by atoms with Crippen molar-refractivity contribution in [3.63, 3.8) is 0 Å². The van der Waals surface area contributed by atoms with E-state index < -0.39 is 0 Å². The first-order chi connectivity index (χ1) is 10.8. The van der Waals surface area contributed by atoms with Crippen molar-refractivity contribution in [1.29, 1.82) is 0 Å². The molecule has 0 spiro atoms. The summed E-state index contributed by atoms with van der Waals surface area (Å²) in [4.78, 5) is 4.19. The fourth-order valence-electron chi connectivity index (χ4n) is 2.02. The molecule has 0 amide bonds. The molecule has 2 rings (SSSR count). The molecule has 0 unspecified atom stereocenters. The maximum absolute atomic E-state index is 5.67. The van der Waals surface area contributed by atoms with Crippen LogP contribution in [0.4, 0.5) is 0 Å². The highest BCUT2D eigenvalue weighted by Gasteiger charge is 1.98. The molecule has 6 heteroatoms. The maximum Gasteiger partial charge on any atom is 0.191 e. The second kappa shape index (κ2) is 10.9. The molecule has 0 radical (unpaired) electrons. The van der Waals surface area contributed by atoms with Gasteiger partial charge in [0, 0.05) is 32.5 Å². The Morgan fingerprint density at radius 3 is 2.39 bits per heavy atom. The number of halogens is 1. The Morgan fingerprint density at radius 1 is 1.09 bits per heavy atom. The number of nitrogens with zero attached hydrogens (tertiary/aromatic N) is 2. The first-order valence-corrected chi connectivity index (χ1v) is 7.52. The molecule has 5 nitrogen and oxygen atoms in total. The minimum atomic E-state index is 0. The molecule has 1 heterocycles. The summed E-state index contributed by atoms with van der Waals surface area (Å²) in [5.41, 5.74) is 1.23. The van der Waals surface area contributed by atoms with Gasteiger partial charge in [-0.15, -0.1) is 24.0 Å². The Morgan fingerprint density at radius 2 is 1.74 bits per heavy atom. The first-order valence-electron chi connectivity index (χ1n) is 7.52. The van der Waals surface area contributed by atoms with Gasteiger partial charge in [-0.05, 0) is 31.2 Å². The highest BCUT2D eigenvalue weighted by atomic mass is 127. The number of guanidine groups is 1. The molecular formula is C17H25IN4O. The topological polar surface area (TPSA) is 50.6 Å². The lowest BCUT2D eigenvalue weighted by Gasteiger charge is -2.13. The largest absolute Gasteiger partial charge is 0.492 e. The van der Waals surface area contributed by atoms with Crippen LogP contribution in [0.15, 0.2) is 53.8 Å². The van der Waals surface area contributed by atoms with E-state index in [4.69, 9.17) is 4.74 Å². The SMILES string of the molecule is CN=C(NCCOc1ccc(C)cc1)NCCn1cccc1.I. The zero-order chi connectivity index (χ0) is 15.6. The van der Waals surface area contributed by atoms with E-state index in [1.54, 1.807) is 7.05 Å². The second-order valence-corrected chi connectivity index (χ2v) is 5.01. The van der Waals surface area contributed by atoms with Gasteiger partial charge in [0.2, 0.25) is 0 Å². The molecule has 0 atom stereocenters. The van der Waals surface area contributed by atoms with Crippen molar-refractivity contribution < 1.29 is 4.74 Å². The zero-order valence-corrected chi connectivity index (χ0v) is 16.0. The summed E-state index contributed by atoms with van der Waals surface area (Å²) in [6.07, 6.45) is 4.10. The first kappa shape index (κ1) is 19.3. The van der Waals surface area contributed by atoms with Gasteiger partial charge < -0.3 is 19.9 Å². The number of aliphatic imine (C=N–C) groups is 1. The van der Waals surface area contributed by atoms with Crippen LogP contribution in [0.3, 0.4) is 0 Å². The number of benzene rings is 1. The van der Waals surface area contributed by atoms with E-state index in [1.165, 1.54) is 5.56 Å². The Labute approximate surface area is 155 Å². The van der Waals surface area contributed by atoms with Crippen LogP contribution in [-0.2, 0) is 6.54 Å². The second-order valence-electron chi connectivity index (χ2n) is 5.01. The van der Waals surface area contributed by atoms with Crippen molar-refractivity contribution in [3.8, 4) is 5.75 Å². The van der Waals surface area contributed by atoms with E-state index in [1.807, 2.05) is 48.8 Å². The van der Waals surface area contributed by atoms with Crippen LogP contribution in [0.1, 0.15) is 5.56 Å². The number of aryl methyl sites for hydroxylation is 1. The smallest absolute Gasteiger partial charge is 0.191 e. The molecule has 0 fully saturated rings. The lowest BCUT2D eigenvalue weighted by atomic mass is 10.2. The van der Waals surface area contributed by atoms with Crippen molar-refractivity contribution in [2.24, 2.45) is 4.99 Å². The number of rotatable bonds is 7. The molecule has 0 aliphatic heterocycles. The van der Waals surface area contributed by atoms with Crippen LogP contribution in [0.2, 0.25) is 0 Å². The standard InChI is InChI=1S/C17H24N4O.HI/c1-15-5-7-16(8-6-15)22-14-10-20-17(18-2)19-9-13-21-11-3-4-12-21;/h3-8,11-12H,9-10,13-14H2,1-2H3,(H2,18,19,20);1H. The number of hydrogen-bond donors (Lipinski definition) is 2. The summed E-state index contributed by atoms with van der Waals surface area (Å²) in [6.45, 7) is 5.11. The van der Waals surface area contributed by atoms with Gasteiger partial charge >= 0.3 is 0 Å². The Balaban J connectivity index is 0.00000264. The van der Waals surface area contributed by atoms with E-state index in [2.05, 4.69) is 27.1 Å². The molecule has 1 aromatic carbocycles. The number of hydrogen-bond acceptors (Lipinski definition) is 2. The summed E-state index contributed by atoms with van der Waals surface area (Å²) in [6, 6.07) is 12.1. The highest BCUT2D eigenvalue weighted by molar-refractivity contribution is 14.0. The van der Waals surface area contributed by atoms with Crippen LogP contribution in [0.5, 0.6) is 5.75 Å². The van der Waals surface area contributed by atoms with Gasteiger partial charge in [-0.25, -0.2) is 0 Å². The highest BCUT2D eigenvalue weighted by Crippen LogP contribution is 2.10. The Kier molecular flexibility index (Phi) is 9.20. The molecule has 0 aliphatic carbocycles. The van der Waals surface area contributed by atoms with Gasteiger partial charge in [0.25, 0.3) is 0 Å². The van der Waals surface area contributed by atoms with Gasteiger partial charge in [0.1, 0.15) is 12.4 Å². The van der Waals surface area contributed by atoms with Gasteiger partial charge in [-0.2, -0.15) is 0 Å². The minimum absolute atomic E-state index is 0. The van der Waals surface area contributed by atoms with E-state index in [0.717, 1.165) is 24.8 Å². The molecule has 0 aliphatic rings. The number of nitrogens with one attached hydrogen (secondary N) is 2. The summed E-state index contributed by atoms with van der Waals surface area (Å²) in [5, 5.41) is 6.51. The third kappa shape index (κ3) is 7.40. The summed E-state index contributed by atoms with van der Waals surface area (Å²) in [5.74, 6) is 1.68. The number of ether oxygens (including phenoxy) is 1. The van der Waals surface area contributed by atoms with Crippen LogP contribution in [0, 0.1) is 6.92 Å². The molecule has 2 N–H and O–H groups in total. The summed E-state index contributed by atoms with van der Waals surface area (Å²) < 4.78 is 7.80. The minimum Gasteiger partial charge on any atom is -0.492 e. The van der Waals surface area contributed by atoms with E-state index in [9.17, 15) is 0 Å². The van der Waals surface area contributed by atoms with Gasteiger partial charge in [0.05, 0.1) is 6.54 Å². The molecule has 1 aromatic heterocycles. The van der Waals surface area contributed by atoms with Gasteiger partial charge in [0.15, 0.2) is 5.96 Å². The van der Waals surface area contributed by atoms with Crippen molar-refractivity contribution in [3.05, 3.63) is 54.4 Å². The molecule has 0 saturated carbocycles. The maximum atomic E-state index is 5.67. The molecule has 0 saturated heterocycles. The van der Waals surface area contributed by atoms with Crippen LogP contribution >= 0.6 is 24.0 Å². The average molecular weight is 428 g/mol. The summed E-state index contributed by atoms with van der Waals surface area (Å²) >= 11 is 0. The quantitative estimate of drug-likeness (QED) is 0.309. The number of aromatic nitrogens is 1. The van der Waals surface area contributed by atoms with Gasteiger partial charge in [-0.1, -0.05) is 17.7 Å². The predicted octanol–water partition coefficient (Wildman–Crippen LogP) is 2.66. The van der Waals surface area contributed by atoms with Gasteiger partial charge in [-0.3, -0.25) is 4.99 Å². The molecule has 2 aromatic rings. The van der Waals surface area contributed by atoms with Crippen LogP contribution < -0.4 is 15.4 Å². The fourth-order valence-corrected chi connectivity index (χ4v) is 2.02. The third-order valence-corrected chi connectivity index (χ3v) is 3.24. The van der Waals surface area contributed by atoms with Crippen LogP contribution in [0.25, 0.3) is 0 Å². The van der Waals surface area contributed by atoms with Crippen molar-refractivity contribution in [1.82, 2.24) is 15.2 Å². The monoisotopic (exact) mass is 428 g/mol. The van der Waals surface area contributed by atoms with E-state index in [0.29, 0.717) is 13.2 Å². The van der Waals surface area contributed by atoms with E-state index in [-0.39, 0.29) is 24.0 Å². The summed E-state index contributed by atoms with van der Waals surface area (Å²) in [7, 11) is 1.77. The predicted molar refractivity (Wildman–Crippen MR) is 106 cm³/mol. The Bertz CT molecular complexity index is 567. The lowest BCUT2D eigenvalue weighted by molar-refractivity contribution is 0.322. The van der Waals surface area contributed by atoms with E-state index >= 15 is 0 Å². The normalized spacial score (nSPS) is 10.8. The molecule has 126 valence electrons. The third-order valence-electron chi connectivity index (χ3n) is 3.24. The van der Waals surface area contributed by atoms with Crippen molar-refractivity contribution in [2.45, 2.75) is 13.5 Å². The van der Waals surface area contributed by atoms with Crippen molar-refractivity contribution in [2.75, 3.05) is 26.7 Å². The lowest BCUT2D eigenvalue weighted by Crippen LogP contribution is -2.40. The molecular weight excluding hydrogens is 403 g/mol.